The third-order valence-corrected chi connectivity index (χ3v) is 12.1. The van der Waals surface area contributed by atoms with E-state index in [9.17, 15) is 25.1 Å². The molecule has 1 saturated carbocycles. The summed E-state index contributed by atoms with van der Waals surface area (Å²) in [7, 11) is 0. The molecule has 2 unspecified atom stereocenters. The maximum absolute atomic E-state index is 11.7. The lowest BCUT2D eigenvalue weighted by Crippen LogP contribution is -2.27. The fraction of sp³-hybridized carbons (Fsp3) is 0.326. The van der Waals surface area contributed by atoms with E-state index in [-0.39, 0.29) is 10.3 Å². The second-order valence-corrected chi connectivity index (χ2v) is 17.3. The molecule has 3 aromatic carbocycles. The Balaban J connectivity index is 1.35. The van der Waals surface area contributed by atoms with E-state index in [1.807, 2.05) is 12.1 Å². The van der Waals surface area contributed by atoms with Crippen LogP contribution in [0.15, 0.2) is 102 Å². The summed E-state index contributed by atoms with van der Waals surface area (Å²) in [5.41, 5.74) is 10.0. The Morgan fingerprint density at radius 3 is 2.36 bits per heavy atom. The molecule has 0 aromatic heterocycles. The molecule has 2 aliphatic carbocycles. The van der Waals surface area contributed by atoms with Crippen LogP contribution < -0.4 is 4.90 Å². The van der Waals surface area contributed by atoms with Gasteiger partial charge in [-0.1, -0.05) is 76.3 Å². The highest BCUT2D eigenvalue weighted by molar-refractivity contribution is 8.00. The summed E-state index contributed by atoms with van der Waals surface area (Å²) >= 11 is 1.78. The average molecular weight is 725 g/mol. The van der Waals surface area contributed by atoms with Crippen molar-refractivity contribution < 1.29 is 19.8 Å². The molecule has 0 bridgehead atoms. The van der Waals surface area contributed by atoms with Crippen molar-refractivity contribution in [3.63, 3.8) is 0 Å². The van der Waals surface area contributed by atoms with Crippen molar-refractivity contribution in [3.8, 4) is 6.07 Å². The predicted molar refractivity (Wildman–Crippen MR) is 218 cm³/mol. The summed E-state index contributed by atoms with van der Waals surface area (Å²) in [5.74, 6) is -1.64. The molecule has 1 heterocycles. The Kier molecular flexibility index (Phi) is 10.8. The molecule has 6 rings (SSSR count). The Bertz CT molecular complexity index is 2130. The first-order chi connectivity index (χ1) is 25.3. The zero-order valence-electron chi connectivity index (χ0n) is 31.3. The Hall–Kier alpha value is -5.06. The second-order valence-electron chi connectivity index (χ2n) is 15.5. The van der Waals surface area contributed by atoms with E-state index in [4.69, 9.17) is 0 Å². The Morgan fingerprint density at radius 1 is 0.962 bits per heavy atom. The lowest BCUT2D eigenvalue weighted by molar-refractivity contribution is -0.147. The van der Waals surface area contributed by atoms with Crippen LogP contribution >= 0.6 is 11.8 Å². The number of carboxylic acids is 2. The molecular weight excluding hydrogens is 677 g/mol. The number of benzene rings is 3. The van der Waals surface area contributed by atoms with E-state index < -0.39 is 17.4 Å². The maximum atomic E-state index is 11.7. The number of aliphatic carboxylic acids is 2. The molecule has 3 aliphatic rings. The van der Waals surface area contributed by atoms with Crippen molar-refractivity contribution in [2.24, 2.45) is 5.41 Å². The first kappa shape index (κ1) is 37.7. The molecule has 53 heavy (non-hydrogen) atoms. The fourth-order valence-electron chi connectivity index (χ4n) is 7.86. The first-order valence-corrected chi connectivity index (χ1v) is 19.3. The molecule has 0 amide bonds. The summed E-state index contributed by atoms with van der Waals surface area (Å²) in [6.07, 6.45) is 15.7. The van der Waals surface area contributed by atoms with Gasteiger partial charge >= 0.3 is 11.9 Å². The molecule has 1 fully saturated rings. The number of fused-ring (bicyclic) bond motifs is 4. The highest BCUT2D eigenvalue weighted by Crippen LogP contribution is 2.54. The van der Waals surface area contributed by atoms with Gasteiger partial charge < -0.3 is 15.1 Å². The molecule has 0 saturated heterocycles. The molecular formula is C46H48N2O4S. The number of thioether (sulfide) groups is 1. The van der Waals surface area contributed by atoms with Gasteiger partial charge in [-0.25, -0.2) is 4.79 Å². The van der Waals surface area contributed by atoms with Crippen molar-refractivity contribution in [1.82, 2.24) is 0 Å². The summed E-state index contributed by atoms with van der Waals surface area (Å²) in [5, 5.41) is 28.4. The quantitative estimate of drug-likeness (QED) is 0.103. The monoisotopic (exact) mass is 724 g/mol. The highest BCUT2D eigenvalue weighted by atomic mass is 32.2. The topological polar surface area (TPSA) is 102 Å². The number of hydrogen-bond acceptors (Lipinski definition) is 5. The number of allylic oxidation sites excluding steroid dienone is 6. The normalized spacial score (nSPS) is 19.1. The van der Waals surface area contributed by atoms with Crippen molar-refractivity contribution >= 4 is 58.4 Å². The van der Waals surface area contributed by atoms with Crippen LogP contribution in [-0.2, 0) is 9.59 Å². The lowest BCUT2D eigenvalue weighted by atomic mass is 9.85. The summed E-state index contributed by atoms with van der Waals surface area (Å²) in [6, 6.07) is 23.6. The Morgan fingerprint density at radius 2 is 1.70 bits per heavy atom. The number of carbonyl (C=O) groups is 2. The lowest BCUT2D eigenvalue weighted by Gasteiger charge is -2.28. The summed E-state index contributed by atoms with van der Waals surface area (Å²) in [4.78, 5) is 26.8. The van der Waals surface area contributed by atoms with Gasteiger partial charge in [-0.3, -0.25) is 4.79 Å². The molecule has 3 aromatic rings. The van der Waals surface area contributed by atoms with E-state index in [0.29, 0.717) is 18.4 Å². The molecule has 0 spiro atoms. The standard InChI is InChI=1S/C46H48N2O4S/c1-7-9-11-35-34(8-2)38(25-29-14-18-33(19-15-29)53-46(5,6)23-22-45(3,4)44(51)52)39-27-32(17-20-36(35)39)48-41-13-10-12-37(41)40-26-30(16-21-42(40)48)24-31(28-47)43(49)50/h8-9,11,14-21,24-27,37,41H,2,7,10,12-13,22-23H2,1,3-6H3,(H,49,50)(H,51,52)/b11-9-,31-24+,38-25+. The number of hydrogen-bond donors (Lipinski definition) is 2. The van der Waals surface area contributed by atoms with E-state index in [0.717, 1.165) is 81.8 Å². The van der Waals surface area contributed by atoms with Crippen LogP contribution in [0.1, 0.15) is 107 Å². The number of nitrogens with zero attached hydrogens (tertiary/aromatic N) is 2. The van der Waals surface area contributed by atoms with Crippen LogP contribution in [0.5, 0.6) is 0 Å². The molecule has 272 valence electrons. The van der Waals surface area contributed by atoms with Crippen LogP contribution in [0.3, 0.4) is 0 Å². The number of rotatable bonds is 13. The minimum Gasteiger partial charge on any atom is -0.481 e. The van der Waals surface area contributed by atoms with Gasteiger partial charge in [-0.2, -0.15) is 5.26 Å². The minimum absolute atomic E-state index is 0.115. The number of anilines is 2. The number of carboxylic acid groups (broad SMARTS) is 2. The van der Waals surface area contributed by atoms with Crippen LogP contribution in [-0.4, -0.2) is 32.9 Å². The fourth-order valence-corrected chi connectivity index (χ4v) is 8.98. The van der Waals surface area contributed by atoms with Gasteiger partial charge in [0.2, 0.25) is 0 Å². The van der Waals surface area contributed by atoms with Crippen molar-refractivity contribution in [1.29, 1.82) is 5.26 Å². The zero-order valence-corrected chi connectivity index (χ0v) is 32.1. The van der Waals surface area contributed by atoms with Gasteiger partial charge in [0, 0.05) is 33.0 Å². The average Bonchev–Trinajstić information content (AvgIpc) is 3.80. The Labute approximate surface area is 317 Å². The smallest absolute Gasteiger partial charge is 0.346 e. The van der Waals surface area contributed by atoms with Gasteiger partial charge in [0.05, 0.1) is 5.41 Å². The molecule has 1 aliphatic heterocycles. The third-order valence-electron chi connectivity index (χ3n) is 10.9. The molecule has 2 atom stereocenters. The van der Waals surface area contributed by atoms with Crippen molar-refractivity contribution in [3.05, 3.63) is 124 Å². The van der Waals surface area contributed by atoms with Gasteiger partial charge in [0.25, 0.3) is 0 Å². The largest absolute Gasteiger partial charge is 0.481 e. The van der Waals surface area contributed by atoms with E-state index in [2.05, 4.69) is 105 Å². The minimum atomic E-state index is -1.22. The third kappa shape index (κ3) is 7.70. The summed E-state index contributed by atoms with van der Waals surface area (Å²) < 4.78 is -0.115. The van der Waals surface area contributed by atoms with Crippen molar-refractivity contribution in [2.45, 2.75) is 94.7 Å². The molecule has 0 radical (unpaired) electrons. The van der Waals surface area contributed by atoms with Gasteiger partial charge in [0.15, 0.2) is 0 Å². The maximum Gasteiger partial charge on any atom is 0.346 e. The van der Waals surface area contributed by atoms with Gasteiger partial charge in [-0.05, 0) is 139 Å². The highest BCUT2D eigenvalue weighted by Gasteiger charge is 2.42. The van der Waals surface area contributed by atoms with Gasteiger partial charge in [-0.15, -0.1) is 11.8 Å². The summed E-state index contributed by atoms with van der Waals surface area (Å²) in [6.45, 7) is 14.3. The van der Waals surface area contributed by atoms with Crippen LogP contribution in [0.25, 0.3) is 23.3 Å². The molecule has 2 N–H and O–H groups in total. The first-order valence-electron chi connectivity index (χ1n) is 18.5. The van der Waals surface area contributed by atoms with E-state index in [1.54, 1.807) is 31.7 Å². The van der Waals surface area contributed by atoms with Crippen LogP contribution in [0.4, 0.5) is 11.4 Å². The van der Waals surface area contributed by atoms with E-state index >= 15 is 0 Å². The predicted octanol–water partition coefficient (Wildman–Crippen LogP) is 11.7. The number of nitriles is 1. The zero-order chi connectivity index (χ0) is 38.1. The van der Waals surface area contributed by atoms with Gasteiger partial charge in [0.1, 0.15) is 11.6 Å². The van der Waals surface area contributed by atoms with Crippen LogP contribution in [0, 0.1) is 16.7 Å². The van der Waals surface area contributed by atoms with E-state index in [1.165, 1.54) is 17.2 Å². The SMILES string of the molecule is C=CC1=C(/C=C\CC)c2ccc(N3c4ccc(/C=C(\C#N)C(=O)O)cc4C4CCCC43)cc2/C1=C/c1ccc(SC(C)(C)CCC(C)(C)C(=O)O)cc1. The van der Waals surface area contributed by atoms with Crippen LogP contribution in [0.2, 0.25) is 0 Å². The van der Waals surface area contributed by atoms with Crippen molar-refractivity contribution in [2.75, 3.05) is 4.90 Å². The molecule has 6 nitrogen and oxygen atoms in total. The second kappa shape index (κ2) is 15.1. The molecule has 7 heteroatoms.